The number of benzene rings is 4. The van der Waals surface area contributed by atoms with Gasteiger partial charge in [0.1, 0.15) is 18.1 Å². The maximum absolute atomic E-state index is 13.5. The summed E-state index contributed by atoms with van der Waals surface area (Å²) in [6, 6.07) is 26.7. The summed E-state index contributed by atoms with van der Waals surface area (Å²) in [4.78, 5) is 30.3. The number of nitrogens with zero attached hydrogens (tertiary/aromatic N) is 2. The molecule has 1 N–H and O–H groups in total. The van der Waals surface area contributed by atoms with Crippen LogP contribution in [-0.4, -0.2) is 61.7 Å². The summed E-state index contributed by atoms with van der Waals surface area (Å²) in [5, 5.41) is 3.60. The van der Waals surface area contributed by atoms with E-state index in [0.29, 0.717) is 36.7 Å². The van der Waals surface area contributed by atoms with Crippen molar-refractivity contribution in [2.45, 2.75) is 46.4 Å². The fourth-order valence-corrected chi connectivity index (χ4v) is 5.99. The highest BCUT2D eigenvalue weighted by atomic mass is 16.6. The van der Waals surface area contributed by atoms with Gasteiger partial charge < -0.3 is 29.3 Å². The van der Waals surface area contributed by atoms with E-state index in [9.17, 15) is 9.59 Å². The van der Waals surface area contributed by atoms with Crippen LogP contribution < -0.4 is 14.8 Å². The minimum Gasteiger partial charge on any atom is -0.496 e. The number of carbonyl (C=O) groups is 2. The Hall–Kier alpha value is -5.08. The number of esters is 1. The monoisotopic (exact) mass is 647 g/mol. The number of aryl methyl sites for hydroxylation is 1. The van der Waals surface area contributed by atoms with Gasteiger partial charge in [0, 0.05) is 48.1 Å². The molecular formula is C40H45N3O5. The lowest BCUT2D eigenvalue weighted by atomic mass is 9.85. The van der Waals surface area contributed by atoms with Gasteiger partial charge in [-0.15, -0.1) is 0 Å². The lowest BCUT2D eigenvalue weighted by molar-refractivity contribution is 0.0473. The zero-order valence-electron chi connectivity index (χ0n) is 28.9. The largest absolute Gasteiger partial charge is 0.496 e. The molecule has 48 heavy (non-hydrogen) atoms. The van der Waals surface area contributed by atoms with Gasteiger partial charge in [0.15, 0.2) is 0 Å². The number of allylic oxidation sites excluding steroid dienone is 1. The first kappa shape index (κ1) is 34.3. The van der Waals surface area contributed by atoms with Crippen LogP contribution >= 0.6 is 0 Å². The third-order valence-corrected chi connectivity index (χ3v) is 8.34. The standard InChI is InChI=1S/C40H45N3O5/c1-27-13-15-30(16-14-27)38(44)47-26-34-32(19-20-35-37(34)28(2)24-40(3,4)41-35)33-18-17-31(23-36(33)46-7)48-39(45)43(22-21-42(5)6)25-29-11-9-8-10-12-29/h8-20,23-24,41H,21-22,25-26H2,1-7H3. The van der Waals surface area contributed by atoms with E-state index in [0.717, 1.165) is 44.6 Å². The first-order valence-corrected chi connectivity index (χ1v) is 16.2. The molecule has 4 aromatic carbocycles. The summed E-state index contributed by atoms with van der Waals surface area (Å²) in [6.45, 7) is 9.98. The fourth-order valence-electron chi connectivity index (χ4n) is 5.99. The highest BCUT2D eigenvalue weighted by Crippen LogP contribution is 2.43. The number of carbonyl (C=O) groups excluding carboxylic acids is 2. The van der Waals surface area contributed by atoms with Gasteiger partial charge in [0.25, 0.3) is 0 Å². The van der Waals surface area contributed by atoms with Gasteiger partial charge in [-0.25, -0.2) is 9.59 Å². The Labute approximate surface area is 283 Å². The molecule has 0 radical (unpaired) electrons. The van der Waals surface area contributed by atoms with Gasteiger partial charge in [-0.2, -0.15) is 0 Å². The molecule has 0 bridgehead atoms. The van der Waals surface area contributed by atoms with E-state index in [1.54, 1.807) is 36.3 Å². The molecular weight excluding hydrogens is 602 g/mol. The van der Waals surface area contributed by atoms with E-state index in [1.807, 2.05) is 86.6 Å². The molecule has 0 fully saturated rings. The minimum absolute atomic E-state index is 0.0543. The minimum atomic E-state index is -0.442. The highest BCUT2D eigenvalue weighted by Gasteiger charge is 2.28. The number of likely N-dealkylation sites (N-methyl/N-ethyl adjacent to an activating group) is 1. The van der Waals surface area contributed by atoms with Gasteiger partial charge in [0.05, 0.1) is 18.2 Å². The van der Waals surface area contributed by atoms with Gasteiger partial charge in [0.2, 0.25) is 0 Å². The maximum atomic E-state index is 13.5. The highest BCUT2D eigenvalue weighted by molar-refractivity contribution is 5.91. The molecule has 0 spiro atoms. The number of hydrogen-bond donors (Lipinski definition) is 1. The molecule has 1 amide bonds. The van der Waals surface area contributed by atoms with E-state index >= 15 is 0 Å². The van der Waals surface area contributed by atoms with Gasteiger partial charge in [-0.05, 0) is 88.8 Å². The molecule has 8 nitrogen and oxygen atoms in total. The van der Waals surface area contributed by atoms with Crippen LogP contribution in [0.3, 0.4) is 0 Å². The van der Waals surface area contributed by atoms with E-state index in [-0.39, 0.29) is 12.1 Å². The van der Waals surface area contributed by atoms with Gasteiger partial charge in [-0.3, -0.25) is 0 Å². The van der Waals surface area contributed by atoms with Crippen molar-refractivity contribution in [3.05, 3.63) is 119 Å². The number of anilines is 1. The molecule has 0 aromatic heterocycles. The fraction of sp³-hybridized carbons (Fsp3) is 0.300. The molecule has 0 aliphatic carbocycles. The average Bonchev–Trinajstić information content (AvgIpc) is 3.05. The maximum Gasteiger partial charge on any atom is 0.415 e. The molecule has 0 unspecified atom stereocenters. The summed E-state index contributed by atoms with van der Waals surface area (Å²) in [5.41, 5.74) is 7.87. The molecule has 1 heterocycles. The SMILES string of the molecule is COc1cc(OC(=O)N(CCN(C)C)Cc2ccccc2)ccc1-c1ccc2c(c1COC(=O)c1ccc(C)cc1)C(C)=CC(C)(C)N2. The predicted octanol–water partition coefficient (Wildman–Crippen LogP) is 8.20. The number of methoxy groups -OCH3 is 1. The van der Waals surface area contributed by atoms with Crippen molar-refractivity contribution in [2.24, 2.45) is 0 Å². The molecule has 5 rings (SSSR count). The molecule has 1 aliphatic heterocycles. The molecule has 4 aromatic rings. The van der Waals surface area contributed by atoms with E-state index in [2.05, 4.69) is 32.2 Å². The number of ether oxygens (including phenoxy) is 3. The summed E-state index contributed by atoms with van der Waals surface area (Å²) >= 11 is 0. The Morgan fingerprint density at radius 2 is 1.56 bits per heavy atom. The predicted molar refractivity (Wildman–Crippen MR) is 192 cm³/mol. The molecule has 250 valence electrons. The van der Waals surface area contributed by atoms with Crippen molar-refractivity contribution in [1.29, 1.82) is 0 Å². The van der Waals surface area contributed by atoms with Crippen molar-refractivity contribution >= 4 is 23.3 Å². The zero-order valence-corrected chi connectivity index (χ0v) is 28.9. The third-order valence-electron chi connectivity index (χ3n) is 8.34. The number of hydrogen-bond acceptors (Lipinski definition) is 7. The molecule has 8 heteroatoms. The Balaban J connectivity index is 1.46. The third kappa shape index (κ3) is 8.25. The quantitative estimate of drug-likeness (QED) is 0.164. The Morgan fingerprint density at radius 1 is 0.854 bits per heavy atom. The smallest absolute Gasteiger partial charge is 0.415 e. The van der Waals surface area contributed by atoms with Crippen molar-refractivity contribution in [3.8, 4) is 22.6 Å². The normalized spacial score (nSPS) is 13.2. The van der Waals surface area contributed by atoms with E-state index < -0.39 is 12.1 Å². The van der Waals surface area contributed by atoms with E-state index in [1.165, 1.54) is 0 Å². The van der Waals surface area contributed by atoms with Crippen molar-refractivity contribution < 1.29 is 23.8 Å². The summed E-state index contributed by atoms with van der Waals surface area (Å²) in [7, 11) is 5.54. The molecule has 0 atom stereocenters. The topological polar surface area (TPSA) is 80.3 Å². The number of nitrogens with one attached hydrogen (secondary N) is 1. The molecule has 1 aliphatic rings. The van der Waals surface area contributed by atoms with Crippen LogP contribution in [0.2, 0.25) is 0 Å². The van der Waals surface area contributed by atoms with Crippen LogP contribution in [0.15, 0.2) is 91.0 Å². The lowest BCUT2D eigenvalue weighted by Crippen LogP contribution is -2.38. The first-order chi connectivity index (χ1) is 22.9. The Bertz CT molecular complexity index is 1800. The number of rotatable bonds is 11. The van der Waals surface area contributed by atoms with Gasteiger partial charge in [-0.1, -0.05) is 60.2 Å². The second-order valence-electron chi connectivity index (χ2n) is 13.1. The Morgan fingerprint density at radius 3 is 2.25 bits per heavy atom. The van der Waals surface area contributed by atoms with Gasteiger partial charge >= 0.3 is 12.1 Å². The molecule has 0 saturated carbocycles. The number of fused-ring (bicyclic) bond motifs is 1. The molecule has 0 saturated heterocycles. The van der Waals surface area contributed by atoms with Crippen LogP contribution in [0, 0.1) is 6.92 Å². The second kappa shape index (κ2) is 14.8. The van der Waals surface area contributed by atoms with Crippen LogP contribution in [0.1, 0.15) is 53.4 Å². The zero-order chi connectivity index (χ0) is 34.4. The lowest BCUT2D eigenvalue weighted by Gasteiger charge is -2.33. The number of amides is 1. The van der Waals surface area contributed by atoms with Crippen molar-refractivity contribution in [3.63, 3.8) is 0 Å². The second-order valence-corrected chi connectivity index (χ2v) is 13.1. The Kier molecular flexibility index (Phi) is 10.5. The summed E-state index contributed by atoms with van der Waals surface area (Å²) in [6.07, 6.45) is 1.74. The first-order valence-electron chi connectivity index (χ1n) is 16.2. The van der Waals surface area contributed by atoms with Crippen LogP contribution in [0.4, 0.5) is 10.5 Å². The summed E-state index contributed by atoms with van der Waals surface area (Å²) in [5.74, 6) is 0.501. The van der Waals surface area contributed by atoms with Crippen LogP contribution in [0.25, 0.3) is 16.7 Å². The van der Waals surface area contributed by atoms with Crippen molar-refractivity contribution in [2.75, 3.05) is 39.6 Å². The average molecular weight is 648 g/mol. The summed E-state index contributed by atoms with van der Waals surface area (Å²) < 4.78 is 17.7. The van der Waals surface area contributed by atoms with E-state index in [4.69, 9.17) is 14.2 Å². The van der Waals surface area contributed by atoms with Crippen molar-refractivity contribution in [1.82, 2.24) is 9.80 Å². The van der Waals surface area contributed by atoms with Crippen LogP contribution in [-0.2, 0) is 17.9 Å². The van der Waals surface area contributed by atoms with Crippen LogP contribution in [0.5, 0.6) is 11.5 Å².